The summed E-state index contributed by atoms with van der Waals surface area (Å²) < 4.78 is 5.59. The summed E-state index contributed by atoms with van der Waals surface area (Å²) in [5, 5.41) is 8.62. The minimum atomic E-state index is -0.884. The van der Waals surface area contributed by atoms with Crippen molar-refractivity contribution in [2.24, 2.45) is 0 Å². The van der Waals surface area contributed by atoms with Crippen molar-refractivity contribution in [2.75, 3.05) is 13.6 Å². The van der Waals surface area contributed by atoms with E-state index in [4.69, 9.17) is 9.52 Å². The second kappa shape index (κ2) is 7.59. The number of hydrogen-bond acceptors (Lipinski definition) is 4. The van der Waals surface area contributed by atoms with Crippen molar-refractivity contribution < 1.29 is 23.9 Å². The number of nitrogens with zero attached hydrogens (tertiary/aromatic N) is 1. The lowest BCUT2D eigenvalue weighted by Gasteiger charge is -2.14. The number of Topliss-reactive ketones (excluding diaryl/α,β-unsaturated/α-hetero) is 1. The van der Waals surface area contributed by atoms with Gasteiger partial charge in [0, 0.05) is 31.1 Å². The Hall–Kier alpha value is -2.89. The van der Waals surface area contributed by atoms with E-state index < -0.39 is 5.97 Å². The van der Waals surface area contributed by atoms with E-state index in [1.54, 1.807) is 43.4 Å². The van der Waals surface area contributed by atoms with Crippen molar-refractivity contribution in [1.82, 2.24) is 4.90 Å². The van der Waals surface area contributed by atoms with E-state index in [1.807, 2.05) is 0 Å². The first-order chi connectivity index (χ1) is 11.4. The number of aliphatic carboxylic acids is 1. The molecule has 1 aromatic carbocycles. The van der Waals surface area contributed by atoms with Crippen LogP contribution in [0.5, 0.6) is 0 Å². The van der Waals surface area contributed by atoms with Crippen LogP contribution in [0.15, 0.2) is 40.8 Å². The maximum atomic E-state index is 12.2. The Balaban J connectivity index is 2.05. The molecule has 1 heterocycles. The first-order valence-electron chi connectivity index (χ1n) is 7.57. The van der Waals surface area contributed by atoms with Crippen molar-refractivity contribution in [2.45, 2.75) is 19.8 Å². The number of benzene rings is 1. The molecule has 0 unspecified atom stereocenters. The molecule has 0 spiro atoms. The number of ketones is 1. The molecule has 2 rings (SSSR count). The van der Waals surface area contributed by atoms with Gasteiger partial charge in [-0.3, -0.25) is 14.4 Å². The van der Waals surface area contributed by atoms with Gasteiger partial charge in [0.1, 0.15) is 5.76 Å². The molecule has 0 aliphatic rings. The fraction of sp³-hybridized carbons (Fsp3) is 0.278. The number of rotatable bonds is 7. The van der Waals surface area contributed by atoms with Crippen LogP contribution < -0.4 is 0 Å². The average molecular weight is 329 g/mol. The smallest absolute Gasteiger partial charge is 0.303 e. The molecule has 6 nitrogen and oxygen atoms in total. The van der Waals surface area contributed by atoms with Crippen molar-refractivity contribution in [3.8, 4) is 11.3 Å². The van der Waals surface area contributed by atoms with Gasteiger partial charge in [0.05, 0.1) is 0 Å². The lowest BCUT2D eigenvalue weighted by molar-refractivity contribution is -0.137. The van der Waals surface area contributed by atoms with Crippen molar-refractivity contribution >= 4 is 17.7 Å². The molecule has 1 aromatic heterocycles. The molecule has 0 radical (unpaired) electrons. The fourth-order valence-electron chi connectivity index (χ4n) is 2.23. The molecule has 0 aliphatic carbocycles. The number of carboxylic acids is 1. The lowest BCUT2D eigenvalue weighted by atomic mass is 10.1. The van der Waals surface area contributed by atoms with Gasteiger partial charge in [0.25, 0.3) is 5.91 Å². The quantitative estimate of drug-likeness (QED) is 0.789. The molecule has 0 atom stereocenters. The minimum absolute atomic E-state index is 0.0140. The highest BCUT2D eigenvalue weighted by Gasteiger charge is 2.16. The second-order valence-corrected chi connectivity index (χ2v) is 5.52. The molecule has 0 fully saturated rings. The van der Waals surface area contributed by atoms with E-state index in [0.717, 1.165) is 5.56 Å². The van der Waals surface area contributed by atoms with Crippen molar-refractivity contribution in [3.05, 3.63) is 47.7 Å². The number of amides is 1. The van der Waals surface area contributed by atoms with Crippen LogP contribution in [-0.2, 0) is 4.79 Å². The van der Waals surface area contributed by atoms with Gasteiger partial charge in [-0.05, 0) is 25.5 Å². The maximum Gasteiger partial charge on any atom is 0.303 e. The molecule has 0 saturated carbocycles. The Morgan fingerprint density at radius 3 is 2.33 bits per heavy atom. The third-order valence-corrected chi connectivity index (χ3v) is 3.62. The molecular formula is C18H19NO5. The van der Waals surface area contributed by atoms with E-state index in [-0.39, 0.29) is 23.9 Å². The third-order valence-electron chi connectivity index (χ3n) is 3.62. The Morgan fingerprint density at radius 2 is 1.75 bits per heavy atom. The molecule has 0 aliphatic heterocycles. The molecule has 126 valence electrons. The normalized spacial score (nSPS) is 10.4. The van der Waals surface area contributed by atoms with Gasteiger partial charge in [-0.15, -0.1) is 0 Å². The number of carbonyl (C=O) groups is 3. The summed E-state index contributed by atoms with van der Waals surface area (Å²) in [6.07, 6.45) is 0.404. The summed E-state index contributed by atoms with van der Waals surface area (Å²) in [6.45, 7) is 1.84. The van der Waals surface area contributed by atoms with E-state index in [1.165, 1.54) is 11.8 Å². The van der Waals surface area contributed by atoms with E-state index >= 15 is 0 Å². The first kappa shape index (κ1) is 17.5. The number of hydrogen-bond donors (Lipinski definition) is 1. The summed E-state index contributed by atoms with van der Waals surface area (Å²) >= 11 is 0. The van der Waals surface area contributed by atoms with Crippen LogP contribution in [0, 0.1) is 0 Å². The van der Waals surface area contributed by atoms with Gasteiger partial charge in [-0.25, -0.2) is 0 Å². The molecular weight excluding hydrogens is 310 g/mol. The van der Waals surface area contributed by atoms with Crippen LogP contribution in [0.25, 0.3) is 11.3 Å². The van der Waals surface area contributed by atoms with Gasteiger partial charge >= 0.3 is 5.97 Å². The topological polar surface area (TPSA) is 87.8 Å². The first-order valence-corrected chi connectivity index (χ1v) is 7.57. The van der Waals surface area contributed by atoms with Gasteiger partial charge in [0.2, 0.25) is 0 Å². The fourth-order valence-corrected chi connectivity index (χ4v) is 2.23. The summed E-state index contributed by atoms with van der Waals surface area (Å²) in [7, 11) is 1.61. The van der Waals surface area contributed by atoms with E-state index in [0.29, 0.717) is 24.3 Å². The van der Waals surface area contributed by atoms with Gasteiger partial charge in [-0.1, -0.05) is 24.3 Å². The summed E-state index contributed by atoms with van der Waals surface area (Å²) in [6, 6.07) is 10.2. The van der Waals surface area contributed by atoms with Crippen LogP contribution >= 0.6 is 0 Å². The Labute approximate surface area is 139 Å². The molecule has 1 N–H and O–H groups in total. The molecule has 24 heavy (non-hydrogen) atoms. The number of furan rings is 1. The van der Waals surface area contributed by atoms with Crippen LogP contribution in [0.4, 0.5) is 0 Å². The largest absolute Gasteiger partial charge is 0.481 e. The summed E-state index contributed by atoms with van der Waals surface area (Å²) in [5.41, 5.74) is 1.38. The average Bonchev–Trinajstić information content (AvgIpc) is 3.03. The third kappa shape index (κ3) is 4.32. The highest BCUT2D eigenvalue weighted by molar-refractivity contribution is 5.94. The maximum absolute atomic E-state index is 12.2. The Bertz CT molecular complexity index is 745. The SMILES string of the molecule is CC(=O)c1ccc(-c2ccc(C(=O)N(C)CCCC(=O)O)o2)cc1. The summed E-state index contributed by atoms with van der Waals surface area (Å²) in [4.78, 5) is 35.5. The van der Waals surface area contributed by atoms with Gasteiger partial charge < -0.3 is 14.4 Å². The number of carboxylic acid groups (broad SMARTS) is 1. The standard InChI is InChI=1S/C18H19NO5/c1-12(20)13-5-7-14(8-6-13)15-9-10-16(24-15)18(23)19(2)11-3-4-17(21)22/h5-10H,3-4,11H2,1-2H3,(H,21,22). The highest BCUT2D eigenvalue weighted by Crippen LogP contribution is 2.23. The Kier molecular flexibility index (Phi) is 5.52. The van der Waals surface area contributed by atoms with Crippen molar-refractivity contribution in [1.29, 1.82) is 0 Å². The molecule has 0 saturated heterocycles. The van der Waals surface area contributed by atoms with Crippen LogP contribution in [0.3, 0.4) is 0 Å². The van der Waals surface area contributed by atoms with E-state index in [2.05, 4.69) is 0 Å². The zero-order chi connectivity index (χ0) is 17.7. The predicted octanol–water partition coefficient (Wildman–Crippen LogP) is 3.09. The molecule has 2 aromatic rings. The summed E-state index contributed by atoms with van der Waals surface area (Å²) in [5.74, 6) is -0.470. The van der Waals surface area contributed by atoms with Gasteiger partial charge in [0.15, 0.2) is 11.5 Å². The van der Waals surface area contributed by atoms with Gasteiger partial charge in [-0.2, -0.15) is 0 Å². The second-order valence-electron chi connectivity index (χ2n) is 5.52. The van der Waals surface area contributed by atoms with Crippen LogP contribution in [-0.4, -0.2) is 41.3 Å². The molecule has 6 heteroatoms. The molecule has 0 bridgehead atoms. The van der Waals surface area contributed by atoms with Crippen LogP contribution in [0.1, 0.15) is 40.7 Å². The Morgan fingerprint density at radius 1 is 1.08 bits per heavy atom. The van der Waals surface area contributed by atoms with E-state index in [9.17, 15) is 14.4 Å². The monoisotopic (exact) mass is 329 g/mol. The van der Waals surface area contributed by atoms with Crippen molar-refractivity contribution in [3.63, 3.8) is 0 Å². The molecule has 1 amide bonds. The van der Waals surface area contributed by atoms with Crippen LogP contribution in [0.2, 0.25) is 0 Å². The highest BCUT2D eigenvalue weighted by atomic mass is 16.4. The predicted molar refractivity (Wildman–Crippen MR) is 88.0 cm³/mol. The zero-order valence-corrected chi connectivity index (χ0v) is 13.6. The lowest BCUT2D eigenvalue weighted by Crippen LogP contribution is -2.27. The zero-order valence-electron chi connectivity index (χ0n) is 13.6. The number of carbonyl (C=O) groups excluding carboxylic acids is 2. The minimum Gasteiger partial charge on any atom is -0.481 e.